The molecule has 1 heterocycles. The summed E-state index contributed by atoms with van der Waals surface area (Å²) in [6.45, 7) is 1.08. The molecule has 0 saturated carbocycles. The molecule has 0 fully saturated rings. The van der Waals surface area contributed by atoms with Crippen molar-refractivity contribution >= 4 is 10.8 Å². The molecule has 1 atom stereocenters. The van der Waals surface area contributed by atoms with Crippen LogP contribution in [0.1, 0.15) is 22.7 Å². The summed E-state index contributed by atoms with van der Waals surface area (Å²) in [6.07, 6.45) is 2.20. The summed E-state index contributed by atoms with van der Waals surface area (Å²) in [5, 5.41) is 6.32. The predicted octanol–water partition coefficient (Wildman–Crippen LogP) is 4.27. The minimum absolute atomic E-state index is 0.441. The van der Waals surface area contributed by atoms with Crippen LogP contribution < -0.4 is 5.32 Å². The second-order valence-corrected chi connectivity index (χ2v) is 5.84. The summed E-state index contributed by atoms with van der Waals surface area (Å²) in [4.78, 5) is 0. The minimum Gasteiger partial charge on any atom is -0.309 e. The van der Waals surface area contributed by atoms with Gasteiger partial charge in [0, 0.05) is 6.04 Å². The van der Waals surface area contributed by atoms with E-state index < -0.39 is 0 Å². The first-order chi connectivity index (χ1) is 10.4. The number of rotatable bonds is 2. The molecule has 0 radical (unpaired) electrons. The van der Waals surface area contributed by atoms with Gasteiger partial charge in [-0.25, -0.2) is 0 Å². The largest absolute Gasteiger partial charge is 0.309 e. The van der Waals surface area contributed by atoms with Crippen LogP contribution in [0.5, 0.6) is 0 Å². The van der Waals surface area contributed by atoms with Crippen LogP contribution in [-0.4, -0.2) is 6.54 Å². The van der Waals surface area contributed by atoms with E-state index in [-0.39, 0.29) is 0 Å². The van der Waals surface area contributed by atoms with Crippen LogP contribution in [0, 0.1) is 0 Å². The number of nitrogens with one attached hydrogen (secondary N) is 1. The van der Waals surface area contributed by atoms with Crippen LogP contribution in [0.25, 0.3) is 10.8 Å². The molecular weight excluding hydrogens is 254 g/mol. The molecule has 0 bridgehead atoms. The maximum Gasteiger partial charge on any atom is 0.0363 e. The molecule has 1 aliphatic rings. The first kappa shape index (κ1) is 12.6. The Kier molecular flexibility index (Phi) is 3.21. The van der Waals surface area contributed by atoms with Gasteiger partial charge in [0.2, 0.25) is 0 Å². The van der Waals surface area contributed by atoms with Crippen molar-refractivity contribution in [2.45, 2.75) is 18.9 Å². The molecule has 1 heteroatoms. The molecule has 1 N–H and O–H groups in total. The van der Waals surface area contributed by atoms with E-state index in [0.717, 1.165) is 19.4 Å². The van der Waals surface area contributed by atoms with Crippen molar-refractivity contribution < 1.29 is 0 Å². The van der Waals surface area contributed by atoms with Crippen LogP contribution in [0.2, 0.25) is 0 Å². The van der Waals surface area contributed by atoms with Gasteiger partial charge in [0.05, 0.1) is 0 Å². The fraction of sp³-hybridized carbons (Fsp3) is 0.200. The smallest absolute Gasteiger partial charge is 0.0363 e. The Bertz CT molecular complexity index is 775. The Balaban J connectivity index is 1.66. The van der Waals surface area contributed by atoms with E-state index in [9.17, 15) is 0 Å². The van der Waals surface area contributed by atoms with E-state index >= 15 is 0 Å². The molecular formula is C20H19N. The van der Waals surface area contributed by atoms with Gasteiger partial charge in [0.1, 0.15) is 0 Å². The average Bonchev–Trinajstić information content (AvgIpc) is 2.55. The zero-order valence-corrected chi connectivity index (χ0v) is 12.0. The third kappa shape index (κ3) is 2.45. The van der Waals surface area contributed by atoms with Crippen molar-refractivity contribution in [2.24, 2.45) is 0 Å². The maximum atomic E-state index is 3.67. The Hall–Kier alpha value is -2.12. The number of hydrogen-bond acceptors (Lipinski definition) is 1. The normalized spacial score (nSPS) is 17.6. The fourth-order valence-electron chi connectivity index (χ4n) is 3.38. The van der Waals surface area contributed by atoms with Gasteiger partial charge in [-0.05, 0) is 46.8 Å². The lowest BCUT2D eigenvalue weighted by atomic mass is 9.90. The highest BCUT2D eigenvalue weighted by Crippen LogP contribution is 2.27. The summed E-state index contributed by atoms with van der Waals surface area (Å²) in [6, 6.07) is 24.7. The van der Waals surface area contributed by atoms with Crippen LogP contribution in [0.15, 0.2) is 66.7 Å². The first-order valence-corrected chi connectivity index (χ1v) is 7.69. The zero-order valence-electron chi connectivity index (χ0n) is 12.0. The van der Waals surface area contributed by atoms with Crippen LogP contribution in [-0.2, 0) is 12.8 Å². The lowest BCUT2D eigenvalue weighted by Crippen LogP contribution is -2.31. The molecule has 0 saturated heterocycles. The molecule has 0 amide bonds. The molecule has 0 aromatic heterocycles. The van der Waals surface area contributed by atoms with Crippen molar-refractivity contribution in [1.82, 2.24) is 5.32 Å². The van der Waals surface area contributed by atoms with Crippen molar-refractivity contribution in [3.63, 3.8) is 0 Å². The van der Waals surface area contributed by atoms with E-state index in [1.165, 1.54) is 27.5 Å². The lowest BCUT2D eigenvalue weighted by Gasteiger charge is -2.27. The van der Waals surface area contributed by atoms with E-state index in [2.05, 4.69) is 72.0 Å². The highest BCUT2D eigenvalue weighted by molar-refractivity contribution is 5.83. The zero-order chi connectivity index (χ0) is 14.1. The Morgan fingerprint density at radius 1 is 0.857 bits per heavy atom. The van der Waals surface area contributed by atoms with Gasteiger partial charge in [-0.15, -0.1) is 0 Å². The topological polar surface area (TPSA) is 12.0 Å². The van der Waals surface area contributed by atoms with E-state index in [0.29, 0.717) is 6.04 Å². The highest BCUT2D eigenvalue weighted by atomic mass is 14.9. The van der Waals surface area contributed by atoms with Gasteiger partial charge in [-0.3, -0.25) is 0 Å². The lowest BCUT2D eigenvalue weighted by molar-refractivity contribution is 0.503. The summed E-state index contributed by atoms with van der Waals surface area (Å²) < 4.78 is 0. The van der Waals surface area contributed by atoms with E-state index in [4.69, 9.17) is 0 Å². The van der Waals surface area contributed by atoms with Gasteiger partial charge in [-0.1, -0.05) is 66.7 Å². The molecule has 0 unspecified atom stereocenters. The predicted molar refractivity (Wildman–Crippen MR) is 88.5 cm³/mol. The minimum atomic E-state index is 0.441. The van der Waals surface area contributed by atoms with Crippen LogP contribution >= 0.6 is 0 Å². The van der Waals surface area contributed by atoms with Gasteiger partial charge in [-0.2, -0.15) is 0 Å². The van der Waals surface area contributed by atoms with E-state index in [1.807, 2.05) is 0 Å². The summed E-state index contributed by atoms with van der Waals surface area (Å²) in [7, 11) is 0. The molecule has 3 aromatic rings. The third-order valence-electron chi connectivity index (χ3n) is 4.47. The van der Waals surface area contributed by atoms with Gasteiger partial charge in [0.15, 0.2) is 0 Å². The molecule has 3 aromatic carbocycles. The molecule has 0 aliphatic carbocycles. The molecule has 21 heavy (non-hydrogen) atoms. The van der Waals surface area contributed by atoms with Crippen molar-refractivity contribution in [3.05, 3.63) is 83.4 Å². The van der Waals surface area contributed by atoms with Gasteiger partial charge < -0.3 is 5.32 Å². The second kappa shape index (κ2) is 5.34. The maximum absolute atomic E-state index is 3.67. The monoisotopic (exact) mass is 273 g/mol. The quantitative estimate of drug-likeness (QED) is 0.735. The summed E-state index contributed by atoms with van der Waals surface area (Å²) >= 11 is 0. The molecule has 1 aliphatic heterocycles. The molecule has 1 nitrogen and oxygen atoms in total. The third-order valence-corrected chi connectivity index (χ3v) is 4.47. The van der Waals surface area contributed by atoms with Crippen molar-refractivity contribution in [1.29, 1.82) is 0 Å². The van der Waals surface area contributed by atoms with Gasteiger partial charge >= 0.3 is 0 Å². The SMILES string of the molecule is c1ccc2c(c1)CCN[C@H]2Cc1ccc2ccccc2c1. The fourth-order valence-corrected chi connectivity index (χ4v) is 3.38. The standard InChI is InChI=1S/C20H19N/c1-2-7-18-13-15(9-10-16(18)5-1)14-20-19-8-4-3-6-17(19)11-12-21-20/h1-10,13,20-21H,11-12,14H2/t20-/m0/s1. The molecule has 4 rings (SSSR count). The first-order valence-electron chi connectivity index (χ1n) is 7.69. The van der Waals surface area contributed by atoms with E-state index in [1.54, 1.807) is 0 Å². The number of fused-ring (bicyclic) bond motifs is 2. The summed E-state index contributed by atoms with van der Waals surface area (Å²) in [5.74, 6) is 0. The number of hydrogen-bond donors (Lipinski definition) is 1. The van der Waals surface area contributed by atoms with Crippen LogP contribution in [0.4, 0.5) is 0 Å². The van der Waals surface area contributed by atoms with Crippen LogP contribution in [0.3, 0.4) is 0 Å². The molecule has 104 valence electrons. The Labute approximate surface area is 125 Å². The molecule has 0 spiro atoms. The van der Waals surface area contributed by atoms with Gasteiger partial charge in [0.25, 0.3) is 0 Å². The Morgan fingerprint density at radius 3 is 2.62 bits per heavy atom. The average molecular weight is 273 g/mol. The Morgan fingerprint density at radius 2 is 1.67 bits per heavy atom. The highest BCUT2D eigenvalue weighted by Gasteiger charge is 2.19. The number of benzene rings is 3. The second-order valence-electron chi connectivity index (χ2n) is 5.84. The van der Waals surface area contributed by atoms with Crippen molar-refractivity contribution in [3.8, 4) is 0 Å². The summed E-state index contributed by atoms with van der Waals surface area (Å²) in [5.41, 5.74) is 4.38. The van der Waals surface area contributed by atoms with Crippen molar-refractivity contribution in [2.75, 3.05) is 6.54 Å².